The molecule has 0 saturated carbocycles. The Balaban J connectivity index is 1.79. The Morgan fingerprint density at radius 3 is 2.57 bits per heavy atom. The highest BCUT2D eigenvalue weighted by Crippen LogP contribution is 2.38. The van der Waals surface area contributed by atoms with Crippen molar-refractivity contribution < 1.29 is 13.9 Å². The molecule has 0 fully saturated rings. The predicted molar refractivity (Wildman–Crippen MR) is 106 cm³/mol. The van der Waals surface area contributed by atoms with Crippen molar-refractivity contribution in [2.24, 2.45) is 0 Å². The van der Waals surface area contributed by atoms with Crippen molar-refractivity contribution in [3.8, 4) is 5.75 Å². The maximum absolute atomic E-state index is 13.3. The second-order valence-corrected chi connectivity index (χ2v) is 6.62. The number of para-hydroxylation sites is 2. The van der Waals surface area contributed by atoms with Gasteiger partial charge in [-0.15, -0.1) is 0 Å². The Morgan fingerprint density at radius 2 is 1.82 bits per heavy atom. The number of hydrogen-bond donors (Lipinski definition) is 2. The number of rotatable bonds is 4. The molecule has 1 atom stereocenters. The van der Waals surface area contributed by atoms with Crippen molar-refractivity contribution in [3.63, 3.8) is 0 Å². The lowest BCUT2D eigenvalue weighted by atomic mass is 10.0. The van der Waals surface area contributed by atoms with Crippen molar-refractivity contribution in [2.75, 3.05) is 18.2 Å². The van der Waals surface area contributed by atoms with Gasteiger partial charge in [-0.1, -0.05) is 36.4 Å². The maximum atomic E-state index is 13.3. The van der Waals surface area contributed by atoms with E-state index in [-0.39, 0.29) is 11.7 Å². The number of amides is 1. The molecule has 1 amide bonds. The van der Waals surface area contributed by atoms with Crippen LogP contribution in [0, 0.1) is 5.82 Å². The van der Waals surface area contributed by atoms with Gasteiger partial charge in [0.15, 0.2) is 0 Å². The second kappa shape index (κ2) is 7.23. The van der Waals surface area contributed by atoms with Crippen molar-refractivity contribution in [1.29, 1.82) is 0 Å². The van der Waals surface area contributed by atoms with Gasteiger partial charge < -0.3 is 20.7 Å². The molecule has 0 spiro atoms. The number of benzene rings is 3. The van der Waals surface area contributed by atoms with E-state index in [1.54, 1.807) is 36.3 Å². The molecule has 3 aromatic carbocycles. The molecule has 4 rings (SSSR count). The number of nitrogen functional groups attached to an aromatic ring is 1. The van der Waals surface area contributed by atoms with Crippen molar-refractivity contribution >= 4 is 17.3 Å². The number of halogens is 1. The van der Waals surface area contributed by atoms with Crippen LogP contribution in [0.4, 0.5) is 15.8 Å². The third kappa shape index (κ3) is 3.13. The van der Waals surface area contributed by atoms with Gasteiger partial charge in [0.1, 0.15) is 17.7 Å². The summed E-state index contributed by atoms with van der Waals surface area (Å²) in [6.45, 7) is 0.307. The Hall–Kier alpha value is -3.54. The summed E-state index contributed by atoms with van der Waals surface area (Å²) in [5.74, 6) is 0.115. The van der Waals surface area contributed by atoms with Crippen LogP contribution in [0.5, 0.6) is 5.75 Å². The van der Waals surface area contributed by atoms with Crippen LogP contribution in [0.15, 0.2) is 66.7 Å². The van der Waals surface area contributed by atoms with E-state index in [0.29, 0.717) is 23.5 Å². The maximum Gasteiger partial charge on any atom is 0.258 e. The summed E-state index contributed by atoms with van der Waals surface area (Å²) in [5, 5.41) is 3.41. The summed E-state index contributed by atoms with van der Waals surface area (Å²) < 4.78 is 18.6. The normalized spacial score (nSPS) is 15.7. The van der Waals surface area contributed by atoms with E-state index in [9.17, 15) is 9.18 Å². The van der Waals surface area contributed by atoms with Gasteiger partial charge in [-0.3, -0.25) is 4.79 Å². The number of fused-ring (bicyclic) bond motifs is 1. The fraction of sp³-hybridized carbons (Fsp3) is 0.136. The number of methoxy groups -OCH3 is 1. The topological polar surface area (TPSA) is 67.6 Å². The highest BCUT2D eigenvalue weighted by atomic mass is 19.1. The lowest BCUT2D eigenvalue weighted by Gasteiger charge is -2.38. The van der Waals surface area contributed by atoms with E-state index in [2.05, 4.69) is 5.32 Å². The molecule has 6 heteroatoms. The standard InChI is InChI=1S/C22H20FN3O2/c1-28-19-8-4-6-17(20(19)24)21-25-18-7-3-2-5-16(18)22(27)26(21)13-14-9-11-15(23)12-10-14/h2-12,21,25H,13,24H2,1H3. The van der Waals surface area contributed by atoms with Crippen LogP contribution in [-0.2, 0) is 6.54 Å². The summed E-state index contributed by atoms with van der Waals surface area (Å²) in [7, 11) is 1.56. The highest BCUT2D eigenvalue weighted by Gasteiger charge is 2.34. The molecule has 3 aromatic rings. The number of hydrogen-bond acceptors (Lipinski definition) is 4. The number of carbonyl (C=O) groups excluding carboxylic acids is 1. The Labute approximate surface area is 162 Å². The number of nitrogens with two attached hydrogens (primary N) is 1. The Kier molecular flexibility index (Phi) is 4.61. The SMILES string of the molecule is COc1cccc(C2Nc3ccccc3C(=O)N2Cc2ccc(F)cc2)c1N. The molecule has 1 aliphatic heterocycles. The minimum Gasteiger partial charge on any atom is -0.495 e. The number of nitrogens with zero attached hydrogens (tertiary/aromatic N) is 1. The largest absolute Gasteiger partial charge is 0.495 e. The van der Waals surface area contributed by atoms with Gasteiger partial charge in [0, 0.05) is 17.8 Å². The molecule has 0 saturated heterocycles. The summed E-state index contributed by atoms with van der Waals surface area (Å²) in [5.41, 5.74) is 9.68. The van der Waals surface area contributed by atoms with Crippen LogP contribution in [0.2, 0.25) is 0 Å². The lowest BCUT2D eigenvalue weighted by Crippen LogP contribution is -2.42. The lowest BCUT2D eigenvalue weighted by molar-refractivity contribution is 0.0667. The molecule has 0 bridgehead atoms. The zero-order chi connectivity index (χ0) is 19.7. The van der Waals surface area contributed by atoms with Crippen LogP contribution in [0.25, 0.3) is 0 Å². The molecule has 1 unspecified atom stereocenters. The van der Waals surface area contributed by atoms with Crippen LogP contribution in [0.1, 0.15) is 27.7 Å². The molecule has 3 N–H and O–H groups in total. The average Bonchev–Trinajstić information content (AvgIpc) is 2.72. The Morgan fingerprint density at radius 1 is 1.07 bits per heavy atom. The minimum absolute atomic E-state index is 0.120. The van der Waals surface area contributed by atoms with Gasteiger partial charge >= 0.3 is 0 Å². The molecule has 28 heavy (non-hydrogen) atoms. The quantitative estimate of drug-likeness (QED) is 0.669. The third-order valence-corrected chi connectivity index (χ3v) is 4.90. The number of anilines is 2. The van der Waals surface area contributed by atoms with Gasteiger partial charge in [-0.2, -0.15) is 0 Å². The monoisotopic (exact) mass is 377 g/mol. The summed E-state index contributed by atoms with van der Waals surface area (Å²) in [6.07, 6.45) is -0.484. The van der Waals surface area contributed by atoms with Gasteiger partial charge in [0.25, 0.3) is 5.91 Å². The Bertz CT molecular complexity index is 1020. The minimum atomic E-state index is -0.484. The van der Waals surface area contributed by atoms with Crippen LogP contribution in [0.3, 0.4) is 0 Å². The first-order valence-corrected chi connectivity index (χ1v) is 8.92. The van der Waals surface area contributed by atoms with Crippen molar-refractivity contribution in [3.05, 3.63) is 89.2 Å². The molecule has 5 nitrogen and oxygen atoms in total. The molecule has 1 aliphatic rings. The van der Waals surface area contributed by atoms with Crippen LogP contribution in [-0.4, -0.2) is 17.9 Å². The number of nitrogens with one attached hydrogen (secondary N) is 1. The second-order valence-electron chi connectivity index (χ2n) is 6.62. The third-order valence-electron chi connectivity index (χ3n) is 4.90. The molecule has 0 aromatic heterocycles. The summed E-state index contributed by atoms with van der Waals surface area (Å²) >= 11 is 0. The first-order chi connectivity index (χ1) is 13.6. The van der Waals surface area contributed by atoms with E-state index in [1.807, 2.05) is 30.3 Å². The number of carbonyl (C=O) groups is 1. The van der Waals surface area contributed by atoms with E-state index in [0.717, 1.165) is 16.8 Å². The summed E-state index contributed by atoms with van der Waals surface area (Å²) in [4.78, 5) is 15.0. The molecule has 142 valence electrons. The van der Waals surface area contributed by atoms with Gasteiger partial charge in [-0.05, 0) is 35.9 Å². The fourth-order valence-corrected chi connectivity index (χ4v) is 3.47. The average molecular weight is 377 g/mol. The first kappa shape index (κ1) is 17.9. The molecular weight excluding hydrogens is 357 g/mol. The van der Waals surface area contributed by atoms with Crippen molar-refractivity contribution in [2.45, 2.75) is 12.7 Å². The molecular formula is C22H20FN3O2. The van der Waals surface area contributed by atoms with E-state index < -0.39 is 6.17 Å². The number of ether oxygens (including phenoxy) is 1. The van der Waals surface area contributed by atoms with E-state index in [1.165, 1.54) is 12.1 Å². The molecule has 1 heterocycles. The van der Waals surface area contributed by atoms with E-state index in [4.69, 9.17) is 10.5 Å². The molecule has 0 radical (unpaired) electrons. The first-order valence-electron chi connectivity index (χ1n) is 8.92. The fourth-order valence-electron chi connectivity index (χ4n) is 3.47. The smallest absolute Gasteiger partial charge is 0.258 e. The van der Waals surface area contributed by atoms with Gasteiger partial charge in [-0.25, -0.2) is 4.39 Å². The predicted octanol–water partition coefficient (Wildman–Crippen LogP) is 4.18. The van der Waals surface area contributed by atoms with E-state index >= 15 is 0 Å². The zero-order valence-electron chi connectivity index (χ0n) is 15.4. The van der Waals surface area contributed by atoms with Gasteiger partial charge in [0.05, 0.1) is 18.4 Å². The van der Waals surface area contributed by atoms with Crippen molar-refractivity contribution in [1.82, 2.24) is 4.90 Å². The highest BCUT2D eigenvalue weighted by molar-refractivity contribution is 6.01. The van der Waals surface area contributed by atoms with Crippen LogP contribution >= 0.6 is 0 Å². The molecule has 0 aliphatic carbocycles. The van der Waals surface area contributed by atoms with Gasteiger partial charge in [0.2, 0.25) is 0 Å². The zero-order valence-corrected chi connectivity index (χ0v) is 15.4. The van der Waals surface area contributed by atoms with Crippen LogP contribution < -0.4 is 15.8 Å². The summed E-state index contributed by atoms with van der Waals surface area (Å²) in [6, 6.07) is 19.0.